The maximum absolute atomic E-state index is 11.8. The molecular formula is C54H84N2O4. The molecule has 0 spiro atoms. The van der Waals surface area contributed by atoms with Gasteiger partial charge in [-0.2, -0.15) is 0 Å². The molecule has 6 heteroatoms. The molecule has 0 fully saturated rings. The van der Waals surface area contributed by atoms with Crippen molar-refractivity contribution in [2.75, 3.05) is 54.5 Å². The first kappa shape index (κ1) is 57.6. The average Bonchev–Trinajstić information content (AvgIpc) is 3.18. The highest BCUT2D eigenvalue weighted by Gasteiger charge is 2.04. The predicted molar refractivity (Wildman–Crippen MR) is 263 cm³/mol. The van der Waals surface area contributed by atoms with Crippen molar-refractivity contribution < 1.29 is 19.1 Å². The Morgan fingerprint density at radius 3 is 1.20 bits per heavy atom. The number of esters is 2. The van der Waals surface area contributed by atoms with Crippen LogP contribution in [0.2, 0.25) is 0 Å². The number of allylic oxidation sites excluding steroid dienone is 24. The highest BCUT2D eigenvalue weighted by molar-refractivity contribution is 5.69. The van der Waals surface area contributed by atoms with E-state index in [0.29, 0.717) is 26.1 Å². The lowest BCUT2D eigenvalue weighted by molar-refractivity contribution is -0.143. The van der Waals surface area contributed by atoms with Crippen LogP contribution in [0.15, 0.2) is 154 Å². The summed E-state index contributed by atoms with van der Waals surface area (Å²) in [6.07, 6.45) is 44.6. The van der Waals surface area contributed by atoms with E-state index in [1.165, 1.54) is 33.4 Å². The molecule has 0 unspecified atom stereocenters. The molecular weight excluding hydrogens is 741 g/mol. The number of hydrogen-bond acceptors (Lipinski definition) is 6. The lowest BCUT2D eigenvalue weighted by Crippen LogP contribution is -2.15. The third-order valence-corrected chi connectivity index (χ3v) is 8.89. The minimum absolute atomic E-state index is 0.0979. The first-order chi connectivity index (χ1) is 28.5. The minimum atomic E-state index is -0.117. The van der Waals surface area contributed by atoms with Gasteiger partial charge in [0, 0.05) is 12.8 Å². The van der Waals surface area contributed by atoms with Crippen LogP contribution in [0.5, 0.6) is 0 Å². The molecule has 0 aromatic rings. The summed E-state index contributed by atoms with van der Waals surface area (Å²) in [5, 5.41) is 0. The summed E-state index contributed by atoms with van der Waals surface area (Å²) in [5.74, 6) is -0.215. The Balaban J connectivity index is 0. The zero-order valence-electron chi connectivity index (χ0n) is 40.4. The Hall–Kier alpha value is -4.52. The van der Waals surface area contributed by atoms with Gasteiger partial charge in [-0.05, 0) is 160 Å². The van der Waals surface area contributed by atoms with Crippen LogP contribution in [0.1, 0.15) is 121 Å². The molecule has 60 heavy (non-hydrogen) atoms. The molecule has 0 saturated carbocycles. The van der Waals surface area contributed by atoms with Crippen LogP contribution >= 0.6 is 0 Å². The minimum Gasteiger partial charge on any atom is -0.461 e. The summed E-state index contributed by atoms with van der Waals surface area (Å²) in [7, 11) is 8.03. The largest absolute Gasteiger partial charge is 0.461 e. The Kier molecular flexibility index (Phi) is 37.1. The molecule has 0 atom stereocenters. The molecule has 334 valence electrons. The fourth-order valence-corrected chi connectivity index (χ4v) is 5.02. The molecule has 0 heterocycles. The van der Waals surface area contributed by atoms with Crippen molar-refractivity contribution in [2.45, 2.75) is 121 Å². The van der Waals surface area contributed by atoms with E-state index in [1.807, 2.05) is 55.0 Å². The normalized spacial score (nSPS) is 14.5. The van der Waals surface area contributed by atoms with Crippen molar-refractivity contribution in [3.05, 3.63) is 154 Å². The van der Waals surface area contributed by atoms with Crippen molar-refractivity contribution in [3.8, 4) is 0 Å². The van der Waals surface area contributed by atoms with Crippen molar-refractivity contribution >= 4 is 11.9 Å². The van der Waals surface area contributed by atoms with Crippen molar-refractivity contribution in [2.24, 2.45) is 0 Å². The fourth-order valence-electron chi connectivity index (χ4n) is 5.02. The van der Waals surface area contributed by atoms with Gasteiger partial charge < -0.3 is 19.3 Å². The van der Waals surface area contributed by atoms with Gasteiger partial charge in [-0.25, -0.2) is 0 Å². The van der Waals surface area contributed by atoms with Gasteiger partial charge in [0.1, 0.15) is 13.2 Å². The Labute approximate surface area is 368 Å². The number of rotatable bonds is 27. The molecule has 0 aromatic carbocycles. The van der Waals surface area contributed by atoms with E-state index < -0.39 is 0 Å². The molecule has 0 radical (unpaired) electrons. The van der Waals surface area contributed by atoms with Crippen molar-refractivity contribution in [3.63, 3.8) is 0 Å². The van der Waals surface area contributed by atoms with E-state index in [0.717, 1.165) is 62.8 Å². The molecule has 0 rings (SSSR count). The number of ether oxygens (including phenoxy) is 2. The van der Waals surface area contributed by atoms with E-state index >= 15 is 0 Å². The second-order valence-electron chi connectivity index (χ2n) is 16.1. The number of hydrogen-bond donors (Lipinski definition) is 0. The third-order valence-electron chi connectivity index (χ3n) is 8.89. The van der Waals surface area contributed by atoms with Crippen molar-refractivity contribution in [1.82, 2.24) is 9.80 Å². The summed E-state index contributed by atoms with van der Waals surface area (Å²) in [5.41, 5.74) is 9.78. The summed E-state index contributed by atoms with van der Waals surface area (Å²) < 4.78 is 10.6. The summed E-state index contributed by atoms with van der Waals surface area (Å²) >= 11 is 0. The molecule has 0 aromatic heterocycles. The standard InChI is InChI=1S/C38H55NO2.C16H29NO2/c1-10-18-32(2)21-13-22-33(3)19-11-12-20-34(4)23-14-24-35(5)25-15-26-36(6)27-16-28-37(7)31-41-38(40)29-17-30-39(8)9;1-6-14(2)9-7-10-15(3)13-19-16(18)11-8-12-17(4)5/h10-15,18-26,28H,16-17,27,29-31H2,1-9H3;6,10H,7-9,11-13H2,1-5H3/b12-11+,18-10+,22-13+,23-14+,25-15+,32-21+,33-19+,34-20+,35-24+,36-26+,37-28+;14-6+,15-10+. The van der Waals surface area contributed by atoms with Crippen LogP contribution in [0.4, 0.5) is 0 Å². The molecule has 0 aliphatic heterocycles. The molecule has 0 bridgehead atoms. The fraction of sp³-hybridized carbons (Fsp3) is 0.481. The van der Waals surface area contributed by atoms with E-state index in [-0.39, 0.29) is 11.9 Å². The predicted octanol–water partition coefficient (Wildman–Crippen LogP) is 13.7. The third kappa shape index (κ3) is 41.6. The van der Waals surface area contributed by atoms with Crippen LogP contribution in [-0.4, -0.2) is 76.2 Å². The van der Waals surface area contributed by atoms with Gasteiger partial charge in [0.05, 0.1) is 0 Å². The monoisotopic (exact) mass is 825 g/mol. The molecule has 0 saturated heterocycles. The van der Waals surface area contributed by atoms with E-state index in [9.17, 15) is 9.59 Å². The summed E-state index contributed by atoms with van der Waals surface area (Å²) in [6.45, 7) is 23.4. The number of carbonyl (C=O) groups excluding carboxylic acids is 2. The van der Waals surface area contributed by atoms with Gasteiger partial charge >= 0.3 is 11.9 Å². The lowest BCUT2D eigenvalue weighted by Gasteiger charge is -2.09. The molecule has 0 aliphatic rings. The van der Waals surface area contributed by atoms with Gasteiger partial charge in [-0.1, -0.05) is 143 Å². The highest BCUT2D eigenvalue weighted by Crippen LogP contribution is 2.10. The SMILES string of the molecule is C/C=C(\C)CC/C=C(\C)COC(=O)CCCN(C)C.C/C=C/C(C)=C/C=C/C(C)=C/C=C/C=C(C)/C=C/C=C(C)/C=C/C=C(\C)CC/C=C(\C)COC(=O)CCCN(C)C. The second kappa shape index (κ2) is 38.7. The van der Waals surface area contributed by atoms with Crippen molar-refractivity contribution in [1.29, 1.82) is 0 Å². The van der Waals surface area contributed by atoms with Crippen LogP contribution in [0.3, 0.4) is 0 Å². The van der Waals surface area contributed by atoms with E-state index in [4.69, 9.17) is 9.47 Å². The van der Waals surface area contributed by atoms with Crippen LogP contribution < -0.4 is 0 Å². The highest BCUT2D eigenvalue weighted by atomic mass is 16.5. The van der Waals surface area contributed by atoms with Crippen LogP contribution in [0.25, 0.3) is 0 Å². The van der Waals surface area contributed by atoms with Crippen LogP contribution in [0, 0.1) is 0 Å². The molecule has 0 N–H and O–H groups in total. The Bertz CT molecular complexity index is 1630. The zero-order valence-corrected chi connectivity index (χ0v) is 40.4. The summed E-state index contributed by atoms with van der Waals surface area (Å²) in [4.78, 5) is 27.4. The first-order valence-electron chi connectivity index (χ1n) is 21.7. The van der Waals surface area contributed by atoms with Gasteiger partial charge in [-0.15, -0.1) is 0 Å². The number of nitrogens with zero attached hydrogens (tertiary/aromatic N) is 2. The van der Waals surface area contributed by atoms with E-state index in [2.05, 4.69) is 162 Å². The molecule has 6 nitrogen and oxygen atoms in total. The second-order valence-corrected chi connectivity index (χ2v) is 16.1. The van der Waals surface area contributed by atoms with Gasteiger partial charge in [0.2, 0.25) is 0 Å². The quantitative estimate of drug-likeness (QED) is 0.0467. The average molecular weight is 825 g/mol. The van der Waals surface area contributed by atoms with Crippen LogP contribution in [-0.2, 0) is 19.1 Å². The van der Waals surface area contributed by atoms with Gasteiger partial charge in [-0.3, -0.25) is 9.59 Å². The maximum atomic E-state index is 11.8. The smallest absolute Gasteiger partial charge is 0.306 e. The van der Waals surface area contributed by atoms with Gasteiger partial charge in [0.25, 0.3) is 0 Å². The Morgan fingerprint density at radius 1 is 0.450 bits per heavy atom. The Morgan fingerprint density at radius 2 is 0.817 bits per heavy atom. The zero-order chi connectivity index (χ0) is 45.6. The summed E-state index contributed by atoms with van der Waals surface area (Å²) in [6, 6.07) is 0. The molecule has 0 amide bonds. The molecule has 0 aliphatic carbocycles. The number of carbonyl (C=O) groups is 2. The topological polar surface area (TPSA) is 59.1 Å². The van der Waals surface area contributed by atoms with E-state index in [1.54, 1.807) is 0 Å². The maximum Gasteiger partial charge on any atom is 0.306 e. The van der Waals surface area contributed by atoms with Gasteiger partial charge in [0.15, 0.2) is 0 Å². The first-order valence-corrected chi connectivity index (χ1v) is 21.7. The lowest BCUT2D eigenvalue weighted by atomic mass is 10.1.